The highest BCUT2D eigenvalue weighted by Crippen LogP contribution is 2.36. The van der Waals surface area contributed by atoms with Crippen LogP contribution in [0.4, 0.5) is 0 Å². The van der Waals surface area contributed by atoms with E-state index in [0.717, 1.165) is 33.8 Å². The normalized spacial score (nSPS) is 14.9. The Morgan fingerprint density at radius 2 is 1.97 bits per heavy atom. The Balaban J connectivity index is 1.77. The largest absolute Gasteiger partial charge is 0.489 e. The van der Waals surface area contributed by atoms with Crippen LogP contribution in [-0.2, 0) is 4.79 Å². The van der Waals surface area contributed by atoms with Gasteiger partial charge in [-0.15, -0.1) is 0 Å². The first kappa shape index (κ1) is 24.0. The van der Waals surface area contributed by atoms with Gasteiger partial charge in [-0.05, 0) is 54.8 Å². The molecule has 7 heteroatoms. The van der Waals surface area contributed by atoms with Gasteiger partial charge in [-0.1, -0.05) is 68.7 Å². The molecule has 3 aromatic rings. The van der Waals surface area contributed by atoms with E-state index in [9.17, 15) is 4.79 Å². The molecule has 5 nitrogen and oxygen atoms in total. The second-order valence-electron chi connectivity index (χ2n) is 8.48. The molecule has 0 atom stereocenters. The predicted octanol–water partition coefficient (Wildman–Crippen LogP) is 6.27. The van der Waals surface area contributed by atoms with Gasteiger partial charge >= 0.3 is 0 Å². The van der Waals surface area contributed by atoms with Crippen molar-refractivity contribution in [2.24, 2.45) is 5.92 Å². The number of benzene rings is 2. The van der Waals surface area contributed by atoms with Crippen LogP contribution in [0.1, 0.15) is 25.0 Å². The molecule has 0 unspecified atom stereocenters. The van der Waals surface area contributed by atoms with Crippen molar-refractivity contribution in [2.75, 3.05) is 13.2 Å². The van der Waals surface area contributed by atoms with E-state index in [1.165, 1.54) is 11.8 Å². The highest BCUT2D eigenvalue weighted by Gasteiger charge is 2.32. The van der Waals surface area contributed by atoms with E-state index in [1.54, 1.807) is 11.0 Å². The molecule has 0 bridgehead atoms. The highest BCUT2D eigenvalue weighted by atomic mass is 32.2. The van der Waals surface area contributed by atoms with E-state index in [1.807, 2.05) is 66.3 Å². The van der Waals surface area contributed by atoms with Crippen LogP contribution in [-0.4, -0.2) is 38.1 Å². The lowest BCUT2D eigenvalue weighted by atomic mass is 10.0. The highest BCUT2D eigenvalue weighted by molar-refractivity contribution is 8.26. The zero-order valence-corrected chi connectivity index (χ0v) is 21.2. The molecule has 1 aliphatic heterocycles. The summed E-state index contributed by atoms with van der Waals surface area (Å²) in [5.41, 5.74) is 4.53. The fourth-order valence-corrected chi connectivity index (χ4v) is 4.97. The van der Waals surface area contributed by atoms with Gasteiger partial charge in [-0.3, -0.25) is 9.69 Å². The van der Waals surface area contributed by atoms with Gasteiger partial charge in [-0.2, -0.15) is 5.10 Å². The molecule has 1 saturated heterocycles. The van der Waals surface area contributed by atoms with Gasteiger partial charge in [0, 0.05) is 23.9 Å². The summed E-state index contributed by atoms with van der Waals surface area (Å²) in [5, 5.41) is 4.89. The standard InChI is InChI=1S/C27H27N3O2S2/c1-5-13-32-23-12-11-20(14-19(23)4)25-21(17-30(28-25)22-9-7-6-8-10-22)15-24-26(31)29(16-18(2)3)27(33)34-24/h5-12,14-15,17-18H,1,13,16H2,2-4H3. The molecule has 2 aromatic carbocycles. The molecule has 0 radical (unpaired) electrons. The van der Waals surface area contributed by atoms with Crippen molar-refractivity contribution in [3.63, 3.8) is 0 Å². The van der Waals surface area contributed by atoms with Crippen LogP contribution in [0.25, 0.3) is 23.0 Å². The summed E-state index contributed by atoms with van der Waals surface area (Å²) in [7, 11) is 0. The lowest BCUT2D eigenvalue weighted by Crippen LogP contribution is -2.31. The van der Waals surface area contributed by atoms with Gasteiger partial charge in [-0.25, -0.2) is 4.68 Å². The number of thiocarbonyl (C=S) groups is 1. The van der Waals surface area contributed by atoms with Gasteiger partial charge < -0.3 is 4.74 Å². The van der Waals surface area contributed by atoms with Crippen molar-refractivity contribution < 1.29 is 9.53 Å². The third kappa shape index (κ3) is 5.16. The van der Waals surface area contributed by atoms with Crippen molar-refractivity contribution in [1.29, 1.82) is 0 Å². The van der Waals surface area contributed by atoms with Crippen LogP contribution in [0.3, 0.4) is 0 Å². The van der Waals surface area contributed by atoms with Crippen LogP contribution in [0.15, 0.2) is 72.3 Å². The molecular formula is C27H27N3O2S2. The van der Waals surface area contributed by atoms with E-state index in [-0.39, 0.29) is 5.91 Å². The Kier molecular flexibility index (Phi) is 7.34. The number of hydrogen-bond donors (Lipinski definition) is 0. The van der Waals surface area contributed by atoms with E-state index >= 15 is 0 Å². The number of carbonyl (C=O) groups excluding carboxylic acids is 1. The summed E-state index contributed by atoms with van der Waals surface area (Å²) in [6, 6.07) is 15.9. The first-order chi connectivity index (χ1) is 16.4. The number of rotatable bonds is 8. The maximum Gasteiger partial charge on any atom is 0.266 e. The van der Waals surface area contributed by atoms with E-state index in [4.69, 9.17) is 22.1 Å². The number of ether oxygens (including phenoxy) is 1. The molecule has 1 aromatic heterocycles. The Morgan fingerprint density at radius 1 is 1.21 bits per heavy atom. The number of amides is 1. The molecule has 34 heavy (non-hydrogen) atoms. The molecule has 2 heterocycles. The van der Waals surface area contributed by atoms with Crippen LogP contribution >= 0.6 is 24.0 Å². The summed E-state index contributed by atoms with van der Waals surface area (Å²) in [5.74, 6) is 1.09. The first-order valence-corrected chi connectivity index (χ1v) is 12.3. The Bertz CT molecular complexity index is 1260. The summed E-state index contributed by atoms with van der Waals surface area (Å²) in [6.45, 7) is 10.9. The van der Waals surface area contributed by atoms with Gasteiger partial charge in [0.2, 0.25) is 0 Å². The minimum absolute atomic E-state index is 0.0496. The van der Waals surface area contributed by atoms with E-state index in [0.29, 0.717) is 28.3 Å². The molecule has 0 aliphatic carbocycles. The number of hydrogen-bond acceptors (Lipinski definition) is 5. The second kappa shape index (κ2) is 10.4. The fourth-order valence-electron chi connectivity index (χ4n) is 3.70. The quantitative estimate of drug-likeness (QED) is 0.212. The van der Waals surface area contributed by atoms with E-state index < -0.39 is 0 Å². The molecule has 0 spiro atoms. The third-order valence-corrected chi connectivity index (χ3v) is 6.65. The lowest BCUT2D eigenvalue weighted by molar-refractivity contribution is -0.122. The average Bonchev–Trinajstić information content (AvgIpc) is 3.35. The van der Waals surface area contributed by atoms with Gasteiger partial charge in [0.25, 0.3) is 5.91 Å². The second-order valence-corrected chi connectivity index (χ2v) is 10.2. The molecule has 174 valence electrons. The zero-order chi connectivity index (χ0) is 24.2. The maximum atomic E-state index is 13.1. The monoisotopic (exact) mass is 489 g/mol. The Labute approximate surface area is 210 Å². The van der Waals surface area contributed by atoms with Gasteiger partial charge in [0.1, 0.15) is 22.4 Å². The van der Waals surface area contributed by atoms with Gasteiger partial charge in [0.05, 0.1) is 10.6 Å². The molecule has 0 saturated carbocycles. The van der Waals surface area contributed by atoms with Crippen LogP contribution in [0, 0.1) is 12.8 Å². The van der Waals surface area contributed by atoms with Crippen molar-refractivity contribution >= 4 is 40.3 Å². The van der Waals surface area contributed by atoms with E-state index in [2.05, 4.69) is 26.5 Å². The number of carbonyl (C=O) groups is 1. The minimum atomic E-state index is -0.0496. The predicted molar refractivity (Wildman–Crippen MR) is 144 cm³/mol. The lowest BCUT2D eigenvalue weighted by Gasteiger charge is -2.16. The Hall–Kier alpha value is -3.16. The average molecular weight is 490 g/mol. The molecule has 4 rings (SSSR count). The third-order valence-electron chi connectivity index (χ3n) is 5.28. The minimum Gasteiger partial charge on any atom is -0.489 e. The number of para-hydroxylation sites is 1. The topological polar surface area (TPSA) is 47.4 Å². The molecule has 1 amide bonds. The molecule has 1 aliphatic rings. The number of aryl methyl sites for hydroxylation is 1. The van der Waals surface area contributed by atoms with Crippen LogP contribution in [0.5, 0.6) is 5.75 Å². The SMILES string of the molecule is C=CCOc1ccc(-c2nn(-c3ccccc3)cc2C=C2SC(=S)N(CC(C)C)C2=O)cc1C. The van der Waals surface area contributed by atoms with Crippen LogP contribution < -0.4 is 4.74 Å². The number of aromatic nitrogens is 2. The smallest absolute Gasteiger partial charge is 0.266 e. The Morgan fingerprint density at radius 3 is 2.65 bits per heavy atom. The number of thioether (sulfide) groups is 1. The van der Waals surface area contributed by atoms with Crippen LogP contribution in [0.2, 0.25) is 0 Å². The molecule has 1 fully saturated rings. The number of nitrogens with zero attached hydrogens (tertiary/aromatic N) is 3. The maximum absolute atomic E-state index is 13.1. The summed E-state index contributed by atoms with van der Waals surface area (Å²) in [6.07, 6.45) is 5.58. The van der Waals surface area contributed by atoms with Gasteiger partial charge in [0.15, 0.2) is 0 Å². The zero-order valence-electron chi connectivity index (χ0n) is 19.5. The summed E-state index contributed by atoms with van der Waals surface area (Å²) < 4.78 is 8.17. The summed E-state index contributed by atoms with van der Waals surface area (Å²) >= 11 is 6.83. The van der Waals surface area contributed by atoms with Crippen molar-refractivity contribution in [2.45, 2.75) is 20.8 Å². The molecular weight excluding hydrogens is 462 g/mol. The van der Waals surface area contributed by atoms with Crippen molar-refractivity contribution in [1.82, 2.24) is 14.7 Å². The molecule has 0 N–H and O–H groups in total. The fraction of sp³-hybridized carbons (Fsp3) is 0.222. The van der Waals surface area contributed by atoms with Crippen molar-refractivity contribution in [3.05, 3.63) is 83.4 Å². The summed E-state index contributed by atoms with van der Waals surface area (Å²) in [4.78, 5) is 15.4. The first-order valence-electron chi connectivity index (χ1n) is 11.1. The van der Waals surface area contributed by atoms with Crippen molar-refractivity contribution in [3.8, 4) is 22.7 Å².